The van der Waals surface area contributed by atoms with E-state index in [9.17, 15) is 0 Å². The van der Waals surface area contributed by atoms with Gasteiger partial charge in [-0.15, -0.1) is 0 Å². The molecule has 0 aromatic heterocycles. The fourth-order valence-corrected chi connectivity index (χ4v) is 3.46. The highest BCUT2D eigenvalue weighted by Crippen LogP contribution is 2.33. The molecule has 1 aromatic carbocycles. The Hall–Kier alpha value is -0.670. The number of hydrogen-bond acceptors (Lipinski definition) is 3. The normalized spacial score (nSPS) is 22.8. The first kappa shape index (κ1) is 11.8. The molecule has 1 heterocycles. The Bertz CT molecular complexity index is 319. The molecule has 2 nitrogen and oxygen atoms in total. The van der Waals surface area contributed by atoms with E-state index in [4.69, 9.17) is 10.5 Å². The summed E-state index contributed by atoms with van der Waals surface area (Å²) in [7, 11) is 1.69. The van der Waals surface area contributed by atoms with Gasteiger partial charge in [0.2, 0.25) is 0 Å². The Morgan fingerprint density at radius 3 is 2.62 bits per heavy atom. The summed E-state index contributed by atoms with van der Waals surface area (Å²) in [6.07, 6.45) is 3.91. The quantitative estimate of drug-likeness (QED) is 0.877. The molecule has 0 radical (unpaired) electrons. The lowest BCUT2D eigenvalue weighted by Crippen LogP contribution is -2.26. The van der Waals surface area contributed by atoms with Crippen LogP contribution in [0, 0.1) is 0 Å². The molecule has 0 bridgehead atoms. The number of benzene rings is 1. The summed E-state index contributed by atoms with van der Waals surface area (Å²) >= 11 is 2.02. The fourth-order valence-electron chi connectivity index (χ4n) is 2.09. The predicted octanol–water partition coefficient (Wildman–Crippen LogP) is 2.98. The molecule has 0 spiro atoms. The van der Waals surface area contributed by atoms with Crippen molar-refractivity contribution in [3.05, 3.63) is 29.8 Å². The summed E-state index contributed by atoms with van der Waals surface area (Å²) < 4.78 is 5.15. The topological polar surface area (TPSA) is 35.2 Å². The third-order valence-corrected chi connectivity index (χ3v) is 4.60. The van der Waals surface area contributed by atoms with Crippen LogP contribution >= 0.6 is 11.8 Å². The lowest BCUT2D eigenvalue weighted by atomic mass is 10.0. The van der Waals surface area contributed by atoms with Crippen LogP contribution in [-0.2, 0) is 0 Å². The van der Waals surface area contributed by atoms with Gasteiger partial charge in [0, 0.05) is 11.3 Å². The molecule has 0 amide bonds. The standard InChI is InChI=1S/C13H19NOS/c1-15-11-7-5-10(6-8-11)13(14)12-4-2-3-9-16-12/h5-8,12-13H,2-4,9,14H2,1H3. The summed E-state index contributed by atoms with van der Waals surface area (Å²) in [5.74, 6) is 2.15. The van der Waals surface area contributed by atoms with Gasteiger partial charge in [0.25, 0.3) is 0 Å². The van der Waals surface area contributed by atoms with Gasteiger partial charge < -0.3 is 10.5 Å². The third-order valence-electron chi connectivity index (χ3n) is 3.12. The Morgan fingerprint density at radius 2 is 2.06 bits per heavy atom. The summed E-state index contributed by atoms with van der Waals surface area (Å²) in [6, 6.07) is 8.30. The van der Waals surface area contributed by atoms with Crippen molar-refractivity contribution in [1.29, 1.82) is 0 Å². The van der Waals surface area contributed by atoms with Crippen molar-refractivity contribution >= 4 is 11.8 Å². The van der Waals surface area contributed by atoms with Gasteiger partial charge in [0.15, 0.2) is 0 Å². The van der Waals surface area contributed by atoms with E-state index in [0.717, 1.165) is 5.75 Å². The predicted molar refractivity (Wildman–Crippen MR) is 70.0 cm³/mol. The first-order valence-electron chi connectivity index (χ1n) is 5.82. The second kappa shape index (κ2) is 5.60. The van der Waals surface area contributed by atoms with Crippen LogP contribution in [0.4, 0.5) is 0 Å². The number of hydrogen-bond donors (Lipinski definition) is 1. The first-order chi connectivity index (χ1) is 7.81. The molecule has 16 heavy (non-hydrogen) atoms. The molecule has 1 aromatic rings. The van der Waals surface area contributed by atoms with Gasteiger partial charge in [-0.1, -0.05) is 18.6 Å². The van der Waals surface area contributed by atoms with Gasteiger partial charge in [0.1, 0.15) is 5.75 Å². The zero-order valence-electron chi connectivity index (χ0n) is 9.69. The molecule has 88 valence electrons. The Kier molecular flexibility index (Phi) is 4.13. The molecule has 2 unspecified atom stereocenters. The SMILES string of the molecule is COc1ccc(C(N)C2CCCCS2)cc1. The lowest BCUT2D eigenvalue weighted by Gasteiger charge is -2.27. The van der Waals surface area contributed by atoms with E-state index in [1.165, 1.54) is 30.6 Å². The zero-order valence-corrected chi connectivity index (χ0v) is 10.5. The van der Waals surface area contributed by atoms with Gasteiger partial charge in [-0.25, -0.2) is 0 Å². The molecule has 2 atom stereocenters. The molecule has 1 aliphatic rings. The summed E-state index contributed by atoms with van der Waals surface area (Å²) in [5, 5.41) is 0.585. The van der Waals surface area contributed by atoms with Crippen LogP contribution in [0.5, 0.6) is 5.75 Å². The van der Waals surface area contributed by atoms with E-state index in [1.54, 1.807) is 7.11 Å². The highest BCUT2D eigenvalue weighted by Gasteiger charge is 2.22. The highest BCUT2D eigenvalue weighted by atomic mass is 32.2. The van der Waals surface area contributed by atoms with Crippen LogP contribution in [0.25, 0.3) is 0 Å². The molecule has 1 aliphatic heterocycles. The highest BCUT2D eigenvalue weighted by molar-refractivity contribution is 8.00. The van der Waals surface area contributed by atoms with E-state index in [1.807, 2.05) is 23.9 Å². The van der Waals surface area contributed by atoms with Crippen molar-refractivity contribution in [2.75, 3.05) is 12.9 Å². The summed E-state index contributed by atoms with van der Waals surface area (Å²) in [6.45, 7) is 0. The number of ether oxygens (including phenoxy) is 1. The van der Waals surface area contributed by atoms with E-state index in [-0.39, 0.29) is 6.04 Å². The van der Waals surface area contributed by atoms with Crippen LogP contribution in [-0.4, -0.2) is 18.1 Å². The van der Waals surface area contributed by atoms with Crippen molar-refractivity contribution < 1.29 is 4.74 Å². The van der Waals surface area contributed by atoms with Crippen molar-refractivity contribution in [3.63, 3.8) is 0 Å². The van der Waals surface area contributed by atoms with Gasteiger partial charge >= 0.3 is 0 Å². The Labute approximate surface area is 102 Å². The third kappa shape index (κ3) is 2.71. The van der Waals surface area contributed by atoms with Gasteiger partial charge in [-0.05, 0) is 36.3 Å². The molecule has 2 rings (SSSR count). The van der Waals surface area contributed by atoms with E-state index in [0.29, 0.717) is 5.25 Å². The summed E-state index contributed by atoms with van der Waals surface area (Å²) in [4.78, 5) is 0. The second-order valence-corrected chi connectivity index (χ2v) is 5.55. The van der Waals surface area contributed by atoms with Crippen molar-refractivity contribution in [2.24, 2.45) is 5.73 Å². The largest absolute Gasteiger partial charge is 0.497 e. The fraction of sp³-hybridized carbons (Fsp3) is 0.538. The second-order valence-electron chi connectivity index (χ2n) is 4.20. The zero-order chi connectivity index (χ0) is 11.4. The smallest absolute Gasteiger partial charge is 0.118 e. The number of rotatable bonds is 3. The van der Waals surface area contributed by atoms with Crippen molar-refractivity contribution in [3.8, 4) is 5.75 Å². The van der Waals surface area contributed by atoms with E-state index in [2.05, 4.69) is 12.1 Å². The maximum Gasteiger partial charge on any atom is 0.118 e. The van der Waals surface area contributed by atoms with Gasteiger partial charge in [-0.3, -0.25) is 0 Å². The van der Waals surface area contributed by atoms with Crippen LogP contribution in [0.15, 0.2) is 24.3 Å². The molecule has 0 saturated carbocycles. The maximum atomic E-state index is 6.30. The minimum Gasteiger partial charge on any atom is -0.497 e. The Balaban J connectivity index is 2.04. The van der Waals surface area contributed by atoms with Crippen LogP contribution in [0.2, 0.25) is 0 Å². The van der Waals surface area contributed by atoms with E-state index < -0.39 is 0 Å². The number of nitrogens with two attached hydrogens (primary N) is 1. The molecule has 0 aliphatic carbocycles. The number of thioether (sulfide) groups is 1. The maximum absolute atomic E-state index is 6.30. The van der Waals surface area contributed by atoms with Crippen LogP contribution < -0.4 is 10.5 Å². The van der Waals surface area contributed by atoms with Gasteiger partial charge in [-0.2, -0.15) is 11.8 Å². The van der Waals surface area contributed by atoms with Crippen LogP contribution in [0.3, 0.4) is 0 Å². The van der Waals surface area contributed by atoms with Crippen LogP contribution in [0.1, 0.15) is 30.9 Å². The molecule has 1 saturated heterocycles. The first-order valence-corrected chi connectivity index (χ1v) is 6.87. The monoisotopic (exact) mass is 237 g/mol. The molecule has 3 heteroatoms. The molecular weight excluding hydrogens is 218 g/mol. The average molecular weight is 237 g/mol. The van der Waals surface area contributed by atoms with E-state index >= 15 is 0 Å². The van der Waals surface area contributed by atoms with Crippen molar-refractivity contribution in [2.45, 2.75) is 30.6 Å². The Morgan fingerprint density at radius 1 is 1.31 bits per heavy atom. The molecule has 2 N–H and O–H groups in total. The minimum atomic E-state index is 0.163. The van der Waals surface area contributed by atoms with Gasteiger partial charge in [0.05, 0.1) is 7.11 Å². The molecule has 1 fully saturated rings. The number of methoxy groups -OCH3 is 1. The average Bonchev–Trinajstić information content (AvgIpc) is 2.39. The summed E-state index contributed by atoms with van der Waals surface area (Å²) in [5.41, 5.74) is 7.52. The lowest BCUT2D eigenvalue weighted by molar-refractivity contribution is 0.414. The minimum absolute atomic E-state index is 0.163. The molecular formula is C13H19NOS. The van der Waals surface area contributed by atoms with Crippen molar-refractivity contribution in [1.82, 2.24) is 0 Å².